The van der Waals surface area contributed by atoms with Crippen molar-refractivity contribution in [2.75, 3.05) is 6.61 Å². The predicted molar refractivity (Wildman–Crippen MR) is 121 cm³/mol. The molecule has 2 atom stereocenters. The molecule has 0 saturated carbocycles. The van der Waals surface area contributed by atoms with Crippen LogP contribution in [-0.4, -0.2) is 27.1 Å². The Balaban J connectivity index is 1.87. The number of hydrogen-bond donors (Lipinski definition) is 0. The Morgan fingerprint density at radius 2 is 1.43 bits per heavy atom. The zero-order chi connectivity index (χ0) is 20.0. The molecule has 1 aliphatic heterocycles. The lowest BCUT2D eigenvalue weighted by atomic mass is 10.1. The fraction of sp³-hybridized carbons (Fsp3) is 0.520. The normalized spacial score (nSPS) is 20.4. The van der Waals surface area contributed by atoms with Crippen molar-refractivity contribution in [2.45, 2.75) is 77.0 Å². The van der Waals surface area contributed by atoms with E-state index in [1.165, 1.54) is 36.1 Å². The maximum Gasteiger partial charge on any atom is 0.261 e. The molecule has 0 unspecified atom stereocenters. The molecular formula is C25H36O2Si. The number of benzene rings is 2. The van der Waals surface area contributed by atoms with Crippen molar-refractivity contribution < 1.29 is 9.16 Å². The van der Waals surface area contributed by atoms with Crippen LogP contribution in [-0.2, 0) is 9.16 Å². The third-order valence-corrected chi connectivity index (χ3v) is 11.0. The molecule has 1 saturated heterocycles. The van der Waals surface area contributed by atoms with Crippen LogP contribution < -0.4 is 10.4 Å². The van der Waals surface area contributed by atoms with Gasteiger partial charge in [-0.1, -0.05) is 101 Å². The van der Waals surface area contributed by atoms with Crippen molar-refractivity contribution in [1.82, 2.24) is 0 Å². The smallest absolute Gasteiger partial charge is 0.261 e. The number of hydrogen-bond acceptors (Lipinski definition) is 2. The van der Waals surface area contributed by atoms with Gasteiger partial charge in [0.2, 0.25) is 0 Å². The summed E-state index contributed by atoms with van der Waals surface area (Å²) in [4.78, 5) is 0. The van der Waals surface area contributed by atoms with E-state index in [9.17, 15) is 0 Å². The molecule has 3 heteroatoms. The van der Waals surface area contributed by atoms with Gasteiger partial charge in [0.15, 0.2) is 0 Å². The molecule has 0 spiro atoms. The fourth-order valence-corrected chi connectivity index (χ4v) is 9.12. The van der Waals surface area contributed by atoms with E-state index in [4.69, 9.17) is 9.16 Å². The van der Waals surface area contributed by atoms with Gasteiger partial charge < -0.3 is 9.16 Å². The van der Waals surface area contributed by atoms with Gasteiger partial charge in [-0.3, -0.25) is 0 Å². The van der Waals surface area contributed by atoms with E-state index in [0.717, 1.165) is 6.42 Å². The molecule has 1 fully saturated rings. The van der Waals surface area contributed by atoms with Gasteiger partial charge in [0.1, 0.15) is 0 Å². The molecule has 0 bridgehead atoms. The van der Waals surface area contributed by atoms with Crippen LogP contribution in [0.4, 0.5) is 0 Å². The van der Waals surface area contributed by atoms with Crippen molar-refractivity contribution in [3.8, 4) is 0 Å². The zero-order valence-corrected chi connectivity index (χ0v) is 19.0. The van der Waals surface area contributed by atoms with Crippen LogP contribution in [0.2, 0.25) is 5.04 Å². The second-order valence-corrected chi connectivity index (χ2v) is 13.4. The highest BCUT2D eigenvalue weighted by molar-refractivity contribution is 6.99. The molecule has 2 aromatic carbocycles. The van der Waals surface area contributed by atoms with Crippen LogP contribution in [0.1, 0.15) is 59.8 Å². The molecule has 0 radical (unpaired) electrons. The Kier molecular flexibility index (Phi) is 7.13. The Morgan fingerprint density at radius 1 is 0.893 bits per heavy atom. The minimum Gasteiger partial charge on any atom is -0.405 e. The SMILES string of the molecule is CCCC[C@H]1CC[C@@H](CO[Si](c2ccccc2)(c2ccccc2)C(C)(C)C)O1. The van der Waals surface area contributed by atoms with E-state index in [1.54, 1.807) is 0 Å². The summed E-state index contributed by atoms with van der Waals surface area (Å²) >= 11 is 0. The van der Waals surface area contributed by atoms with E-state index < -0.39 is 8.32 Å². The maximum atomic E-state index is 7.02. The van der Waals surface area contributed by atoms with Gasteiger partial charge in [-0.15, -0.1) is 0 Å². The van der Waals surface area contributed by atoms with Crippen LogP contribution in [0.15, 0.2) is 60.7 Å². The Hall–Kier alpha value is -1.42. The average molecular weight is 397 g/mol. The first-order valence-corrected chi connectivity index (χ1v) is 12.8. The standard InChI is InChI=1S/C25H36O2Si/c1-5-6-13-21-18-19-22(27-21)20-26-28(25(2,3)4,23-14-9-7-10-15-23)24-16-11-8-12-17-24/h7-12,14-17,21-22H,5-6,13,18-20H2,1-4H3/t21-,22-/m0/s1. The largest absolute Gasteiger partial charge is 0.405 e. The van der Waals surface area contributed by atoms with Crippen LogP contribution in [0.25, 0.3) is 0 Å². The lowest BCUT2D eigenvalue weighted by molar-refractivity contribution is 0.0116. The Morgan fingerprint density at radius 3 is 1.93 bits per heavy atom. The van der Waals surface area contributed by atoms with Gasteiger partial charge in [0.25, 0.3) is 8.32 Å². The van der Waals surface area contributed by atoms with Crippen LogP contribution in [0, 0.1) is 0 Å². The van der Waals surface area contributed by atoms with Crippen molar-refractivity contribution >= 4 is 18.7 Å². The lowest BCUT2D eigenvalue weighted by Crippen LogP contribution is -2.67. The van der Waals surface area contributed by atoms with Crippen molar-refractivity contribution in [3.05, 3.63) is 60.7 Å². The molecule has 152 valence electrons. The lowest BCUT2D eigenvalue weighted by Gasteiger charge is -2.43. The van der Waals surface area contributed by atoms with Crippen LogP contribution in [0.5, 0.6) is 0 Å². The van der Waals surface area contributed by atoms with Crippen LogP contribution in [0.3, 0.4) is 0 Å². The molecule has 0 N–H and O–H groups in total. The first-order chi connectivity index (χ1) is 13.5. The minimum atomic E-state index is -2.44. The van der Waals surface area contributed by atoms with Gasteiger partial charge in [0, 0.05) is 0 Å². The molecule has 0 amide bonds. The number of unbranched alkanes of at least 4 members (excludes halogenated alkanes) is 1. The summed E-state index contributed by atoms with van der Waals surface area (Å²) in [7, 11) is -2.44. The molecule has 0 aromatic heterocycles. The summed E-state index contributed by atoms with van der Waals surface area (Å²) in [5.41, 5.74) is 0. The second kappa shape index (κ2) is 9.38. The van der Waals surface area contributed by atoms with Gasteiger partial charge in [-0.2, -0.15) is 0 Å². The molecule has 0 aliphatic carbocycles. The maximum absolute atomic E-state index is 7.02. The monoisotopic (exact) mass is 396 g/mol. The van der Waals surface area contributed by atoms with E-state index in [0.29, 0.717) is 12.7 Å². The molecule has 1 heterocycles. The van der Waals surface area contributed by atoms with Gasteiger partial charge in [-0.25, -0.2) is 0 Å². The van der Waals surface area contributed by atoms with Gasteiger partial charge >= 0.3 is 0 Å². The second-order valence-electron chi connectivity index (χ2n) is 9.07. The number of ether oxygens (including phenoxy) is 1. The third kappa shape index (κ3) is 4.59. The molecular weight excluding hydrogens is 360 g/mol. The summed E-state index contributed by atoms with van der Waals surface area (Å²) in [6.45, 7) is 9.94. The van der Waals surface area contributed by atoms with Crippen molar-refractivity contribution in [3.63, 3.8) is 0 Å². The quantitative estimate of drug-likeness (QED) is 0.564. The summed E-state index contributed by atoms with van der Waals surface area (Å²) in [5.74, 6) is 0. The van der Waals surface area contributed by atoms with Gasteiger partial charge in [0.05, 0.1) is 18.8 Å². The fourth-order valence-electron chi connectivity index (χ4n) is 4.53. The van der Waals surface area contributed by atoms with Crippen molar-refractivity contribution in [1.29, 1.82) is 0 Å². The number of rotatable bonds is 8. The van der Waals surface area contributed by atoms with E-state index in [1.807, 2.05) is 0 Å². The van der Waals surface area contributed by atoms with E-state index in [-0.39, 0.29) is 11.1 Å². The summed E-state index contributed by atoms with van der Waals surface area (Å²) in [6.07, 6.45) is 6.63. The average Bonchev–Trinajstić information content (AvgIpc) is 3.15. The van der Waals surface area contributed by atoms with Crippen molar-refractivity contribution in [2.24, 2.45) is 0 Å². The third-order valence-electron chi connectivity index (χ3n) is 5.98. The highest BCUT2D eigenvalue weighted by Gasteiger charge is 2.50. The van der Waals surface area contributed by atoms with E-state index >= 15 is 0 Å². The first-order valence-electron chi connectivity index (χ1n) is 10.9. The Labute approximate surface area is 172 Å². The van der Waals surface area contributed by atoms with Gasteiger partial charge in [-0.05, 0) is 34.7 Å². The molecule has 1 aliphatic rings. The highest BCUT2D eigenvalue weighted by Crippen LogP contribution is 2.37. The summed E-state index contributed by atoms with van der Waals surface area (Å²) in [5, 5.41) is 2.71. The minimum absolute atomic E-state index is 0.0237. The highest BCUT2D eigenvalue weighted by atomic mass is 28.4. The first kappa shape index (κ1) is 21.3. The summed E-state index contributed by atoms with van der Waals surface area (Å²) < 4.78 is 13.4. The summed E-state index contributed by atoms with van der Waals surface area (Å²) in [6, 6.07) is 21.8. The molecule has 2 nitrogen and oxygen atoms in total. The topological polar surface area (TPSA) is 18.5 Å². The predicted octanol–water partition coefficient (Wildman–Crippen LogP) is 5.30. The molecule has 3 rings (SSSR count). The zero-order valence-electron chi connectivity index (χ0n) is 18.0. The Bertz CT molecular complexity index is 669. The molecule has 28 heavy (non-hydrogen) atoms. The van der Waals surface area contributed by atoms with Crippen LogP contribution >= 0.6 is 0 Å². The van der Waals surface area contributed by atoms with E-state index in [2.05, 4.69) is 88.4 Å². The molecule has 2 aromatic rings.